The number of carbonyl (C=O) groups excluding carboxylic acids is 2. The minimum absolute atomic E-state index is 0.0234. The van der Waals surface area contributed by atoms with Crippen LogP contribution in [-0.2, 0) is 16.0 Å². The maximum Gasteiger partial charge on any atom is 0.410 e. The van der Waals surface area contributed by atoms with Crippen LogP contribution in [0, 0.1) is 5.92 Å². The summed E-state index contributed by atoms with van der Waals surface area (Å²) in [4.78, 5) is 31.6. The minimum atomic E-state index is -0.511. The Morgan fingerprint density at radius 3 is 2.68 bits per heavy atom. The molecule has 3 heterocycles. The van der Waals surface area contributed by atoms with Gasteiger partial charge in [-0.2, -0.15) is 4.98 Å². The maximum absolute atomic E-state index is 12.9. The summed E-state index contributed by atoms with van der Waals surface area (Å²) in [5.74, 6) is 1.86. The molecular formula is C27H39N5O5. The zero-order chi connectivity index (χ0) is 26.3. The van der Waals surface area contributed by atoms with Gasteiger partial charge in [-0.1, -0.05) is 17.3 Å². The van der Waals surface area contributed by atoms with Gasteiger partial charge in [0.15, 0.2) is 0 Å². The Bertz CT molecular complexity index is 1040. The van der Waals surface area contributed by atoms with E-state index in [0.717, 1.165) is 50.1 Å². The molecule has 2 amide bonds. The van der Waals surface area contributed by atoms with Crippen LogP contribution in [0.2, 0.25) is 0 Å². The number of aromatic nitrogens is 2. The molecule has 2 aliphatic rings. The van der Waals surface area contributed by atoms with E-state index in [0.29, 0.717) is 43.8 Å². The van der Waals surface area contributed by atoms with Gasteiger partial charge in [0, 0.05) is 32.0 Å². The summed E-state index contributed by atoms with van der Waals surface area (Å²) in [6.07, 6.45) is 3.67. The second-order valence-electron chi connectivity index (χ2n) is 10.7. The Labute approximate surface area is 218 Å². The Kier molecular flexibility index (Phi) is 9.02. The van der Waals surface area contributed by atoms with Gasteiger partial charge in [-0.3, -0.25) is 4.79 Å². The van der Waals surface area contributed by atoms with Gasteiger partial charge >= 0.3 is 6.09 Å². The third-order valence-electron chi connectivity index (χ3n) is 6.66. The van der Waals surface area contributed by atoms with Crippen molar-refractivity contribution in [3.05, 3.63) is 30.2 Å². The molecule has 10 nitrogen and oxygen atoms in total. The molecule has 37 heavy (non-hydrogen) atoms. The third-order valence-corrected chi connectivity index (χ3v) is 6.66. The summed E-state index contributed by atoms with van der Waals surface area (Å²) in [5, 5.41) is 10.8. The van der Waals surface area contributed by atoms with E-state index >= 15 is 0 Å². The van der Waals surface area contributed by atoms with E-state index in [1.54, 1.807) is 4.90 Å². The monoisotopic (exact) mass is 513 g/mol. The number of benzene rings is 1. The average Bonchev–Trinajstić information content (AvgIpc) is 3.34. The van der Waals surface area contributed by atoms with Crippen molar-refractivity contribution in [2.45, 2.75) is 70.9 Å². The second-order valence-corrected chi connectivity index (χ2v) is 10.7. The molecule has 1 unspecified atom stereocenters. The molecule has 1 aromatic heterocycles. The summed E-state index contributed by atoms with van der Waals surface area (Å²) in [6, 6.07) is 7.66. The lowest BCUT2D eigenvalue weighted by atomic mass is 9.87. The normalized spacial score (nSPS) is 20.8. The molecule has 0 spiro atoms. The zero-order valence-electron chi connectivity index (χ0n) is 22.1. The predicted octanol–water partition coefficient (Wildman–Crippen LogP) is 3.56. The number of nitrogens with zero attached hydrogens (tertiary/aromatic N) is 3. The van der Waals surface area contributed by atoms with Crippen LogP contribution in [0.1, 0.15) is 58.8 Å². The highest BCUT2D eigenvalue weighted by Crippen LogP contribution is 2.28. The molecule has 1 atom stereocenters. The minimum Gasteiger partial charge on any atom is -0.493 e. The average molecular weight is 514 g/mol. The van der Waals surface area contributed by atoms with Crippen molar-refractivity contribution in [2.24, 2.45) is 5.92 Å². The molecule has 1 aromatic carbocycles. The van der Waals surface area contributed by atoms with Crippen LogP contribution in [0.25, 0.3) is 11.4 Å². The molecule has 2 aliphatic heterocycles. The summed E-state index contributed by atoms with van der Waals surface area (Å²) in [5.41, 5.74) is 0.264. The largest absolute Gasteiger partial charge is 0.493 e. The number of nitrogens with one attached hydrogen (secondary N) is 2. The Morgan fingerprint density at radius 1 is 1.11 bits per heavy atom. The van der Waals surface area contributed by atoms with Crippen LogP contribution in [-0.4, -0.2) is 71.5 Å². The summed E-state index contributed by atoms with van der Waals surface area (Å²) < 4.78 is 17.0. The predicted molar refractivity (Wildman–Crippen MR) is 138 cm³/mol. The van der Waals surface area contributed by atoms with Crippen molar-refractivity contribution in [1.29, 1.82) is 0 Å². The molecule has 202 valence electrons. The van der Waals surface area contributed by atoms with E-state index in [9.17, 15) is 9.59 Å². The van der Waals surface area contributed by atoms with Gasteiger partial charge in [0.25, 0.3) is 0 Å². The number of aryl methyl sites for hydroxylation is 1. The zero-order valence-corrected chi connectivity index (χ0v) is 22.1. The molecule has 2 N–H and O–H groups in total. The number of hydrogen-bond donors (Lipinski definition) is 2. The van der Waals surface area contributed by atoms with Crippen molar-refractivity contribution in [3.63, 3.8) is 0 Å². The van der Waals surface area contributed by atoms with Crippen LogP contribution < -0.4 is 15.4 Å². The Balaban J connectivity index is 1.38. The van der Waals surface area contributed by atoms with Gasteiger partial charge < -0.3 is 29.5 Å². The van der Waals surface area contributed by atoms with E-state index in [4.69, 9.17) is 14.0 Å². The van der Waals surface area contributed by atoms with E-state index in [1.807, 2.05) is 45.0 Å². The van der Waals surface area contributed by atoms with Crippen molar-refractivity contribution in [1.82, 2.24) is 25.7 Å². The molecular weight excluding hydrogens is 474 g/mol. The number of amides is 2. The van der Waals surface area contributed by atoms with Gasteiger partial charge in [0.2, 0.25) is 17.6 Å². The SMILES string of the molecule is CC(C)(C)OC(=O)N1CCC(C2CCNCCCOc3ccccc3-c3noc(n3)CCC(=O)N2)CC1. The fourth-order valence-electron chi connectivity index (χ4n) is 4.74. The summed E-state index contributed by atoms with van der Waals surface area (Å²) >= 11 is 0. The molecule has 2 aromatic rings. The number of piperidine rings is 1. The molecule has 0 radical (unpaired) electrons. The Hall–Kier alpha value is -3.14. The number of fused-ring (bicyclic) bond motifs is 4. The van der Waals surface area contributed by atoms with Crippen molar-refractivity contribution >= 4 is 12.0 Å². The molecule has 1 fully saturated rings. The van der Waals surface area contributed by atoms with Crippen LogP contribution in [0.3, 0.4) is 0 Å². The fourth-order valence-corrected chi connectivity index (χ4v) is 4.74. The molecule has 0 saturated carbocycles. The first-order valence-corrected chi connectivity index (χ1v) is 13.3. The number of likely N-dealkylation sites (tertiary alicyclic amines) is 1. The summed E-state index contributed by atoms with van der Waals surface area (Å²) in [7, 11) is 0. The second kappa shape index (κ2) is 12.4. The standard InChI is InChI=1S/C27H39N5O5/c1-27(2,3)36-26(34)32-16-12-19(13-17-32)21-11-15-28-14-6-18-35-22-8-5-4-7-20(22)25-30-24(37-31-25)10-9-23(33)29-21/h4-5,7-8,19,21,28H,6,9-18H2,1-3H3,(H,29,33). The van der Waals surface area contributed by atoms with Gasteiger partial charge in [0.1, 0.15) is 11.4 Å². The van der Waals surface area contributed by atoms with Crippen LogP contribution in [0.5, 0.6) is 5.75 Å². The molecule has 0 aliphatic carbocycles. The maximum atomic E-state index is 12.9. The smallest absolute Gasteiger partial charge is 0.410 e. The fraction of sp³-hybridized carbons (Fsp3) is 0.630. The van der Waals surface area contributed by atoms with Crippen molar-refractivity contribution in [3.8, 4) is 17.1 Å². The first kappa shape index (κ1) is 26.9. The number of hydrogen-bond acceptors (Lipinski definition) is 8. The number of rotatable bonds is 1. The van der Waals surface area contributed by atoms with Crippen LogP contribution >= 0.6 is 0 Å². The Morgan fingerprint density at radius 2 is 1.89 bits per heavy atom. The number of ether oxygens (including phenoxy) is 2. The highest BCUT2D eigenvalue weighted by atomic mass is 16.6. The van der Waals surface area contributed by atoms with Gasteiger partial charge in [0.05, 0.1) is 12.2 Å². The quantitative estimate of drug-likeness (QED) is 0.594. The van der Waals surface area contributed by atoms with Gasteiger partial charge in [-0.25, -0.2) is 4.79 Å². The first-order chi connectivity index (χ1) is 17.8. The highest BCUT2D eigenvalue weighted by molar-refractivity contribution is 5.76. The molecule has 2 bridgehead atoms. The van der Waals surface area contributed by atoms with Crippen molar-refractivity contribution < 1.29 is 23.6 Å². The van der Waals surface area contributed by atoms with Crippen molar-refractivity contribution in [2.75, 3.05) is 32.8 Å². The lowest BCUT2D eigenvalue weighted by Crippen LogP contribution is -2.48. The van der Waals surface area contributed by atoms with E-state index < -0.39 is 5.60 Å². The molecule has 1 saturated heterocycles. The molecule has 10 heteroatoms. The number of carbonyl (C=O) groups is 2. The number of para-hydroxylation sites is 1. The highest BCUT2D eigenvalue weighted by Gasteiger charge is 2.31. The van der Waals surface area contributed by atoms with Crippen LogP contribution in [0.4, 0.5) is 4.79 Å². The van der Waals surface area contributed by atoms with E-state index in [2.05, 4.69) is 20.8 Å². The third kappa shape index (κ3) is 7.92. The lowest BCUT2D eigenvalue weighted by molar-refractivity contribution is -0.122. The van der Waals surface area contributed by atoms with E-state index in [-0.39, 0.29) is 24.5 Å². The lowest BCUT2D eigenvalue weighted by Gasteiger charge is -2.37. The summed E-state index contributed by atoms with van der Waals surface area (Å²) in [6.45, 7) is 9.05. The first-order valence-electron chi connectivity index (χ1n) is 13.3. The van der Waals surface area contributed by atoms with Gasteiger partial charge in [-0.05, 0) is 77.6 Å². The molecule has 4 rings (SSSR count). The topological polar surface area (TPSA) is 119 Å². The van der Waals surface area contributed by atoms with Gasteiger partial charge in [-0.15, -0.1) is 0 Å². The van der Waals surface area contributed by atoms with E-state index in [1.165, 1.54) is 0 Å². The van der Waals surface area contributed by atoms with Crippen LogP contribution in [0.15, 0.2) is 28.8 Å².